The zero-order chi connectivity index (χ0) is 8.69. The van der Waals surface area contributed by atoms with Crippen molar-refractivity contribution in [3.63, 3.8) is 0 Å². The predicted octanol–water partition coefficient (Wildman–Crippen LogP) is 2.94. The molecule has 0 fully saturated rings. The zero-order valence-electron chi connectivity index (χ0n) is 8.05. The van der Waals surface area contributed by atoms with Gasteiger partial charge in [0.15, 0.2) is 0 Å². The molecule has 0 heterocycles. The zero-order valence-corrected chi connectivity index (χ0v) is 8.87. The summed E-state index contributed by atoms with van der Waals surface area (Å²) in [5.41, 5.74) is 1.46. The monoisotopic (exact) mass is 173 g/mol. The molecule has 0 radical (unpaired) electrons. The molecule has 0 aromatic rings. The molecule has 0 bridgehead atoms. The van der Waals surface area contributed by atoms with Crippen LogP contribution in [0.5, 0.6) is 0 Å². The van der Waals surface area contributed by atoms with Crippen LogP contribution in [0.15, 0.2) is 11.1 Å². The molecule has 0 unspecified atom stereocenters. The number of nitrogens with zero attached hydrogens (tertiary/aromatic N) is 1. The van der Waals surface area contributed by atoms with Gasteiger partial charge in [0, 0.05) is 19.3 Å². The van der Waals surface area contributed by atoms with Gasteiger partial charge in [0.1, 0.15) is 0 Å². The summed E-state index contributed by atoms with van der Waals surface area (Å²) in [5, 5.41) is 2.24. The highest BCUT2D eigenvalue weighted by Crippen LogP contribution is 2.12. The number of allylic oxidation sites excluding steroid dienone is 1. The van der Waals surface area contributed by atoms with Gasteiger partial charge < -0.3 is 4.90 Å². The smallest absolute Gasteiger partial charge is 0.0194 e. The Morgan fingerprint density at radius 1 is 1.45 bits per heavy atom. The third kappa shape index (κ3) is 4.35. The lowest BCUT2D eigenvalue weighted by Crippen LogP contribution is -2.16. The molecule has 0 aliphatic heterocycles. The summed E-state index contributed by atoms with van der Waals surface area (Å²) < 4.78 is 0. The van der Waals surface area contributed by atoms with Crippen LogP contribution in [0.2, 0.25) is 0 Å². The van der Waals surface area contributed by atoms with Crippen molar-refractivity contribution in [2.75, 3.05) is 19.8 Å². The van der Waals surface area contributed by atoms with E-state index >= 15 is 0 Å². The Hall–Kier alpha value is -0.110. The molecule has 2 heteroatoms. The first kappa shape index (κ1) is 10.9. The molecule has 0 aliphatic rings. The molecule has 0 saturated carbocycles. The molecule has 0 rings (SSSR count). The van der Waals surface area contributed by atoms with E-state index in [0.717, 1.165) is 6.54 Å². The van der Waals surface area contributed by atoms with E-state index in [4.69, 9.17) is 0 Å². The molecule has 1 nitrogen and oxygen atoms in total. The van der Waals surface area contributed by atoms with Crippen molar-refractivity contribution in [2.24, 2.45) is 0 Å². The van der Waals surface area contributed by atoms with Gasteiger partial charge in [-0.25, -0.2) is 0 Å². The molecule has 0 aliphatic carbocycles. The summed E-state index contributed by atoms with van der Waals surface area (Å²) >= 11 is 1.79. The Balaban J connectivity index is 3.97. The van der Waals surface area contributed by atoms with Crippen LogP contribution in [-0.4, -0.2) is 24.7 Å². The van der Waals surface area contributed by atoms with Crippen LogP contribution in [0.1, 0.15) is 26.7 Å². The summed E-state index contributed by atoms with van der Waals surface area (Å²) in [6.07, 6.45) is 4.54. The molecule has 0 amide bonds. The molecule has 0 spiro atoms. The normalized spacial score (nSPS) is 11.8. The van der Waals surface area contributed by atoms with E-state index in [2.05, 4.69) is 37.5 Å². The van der Waals surface area contributed by atoms with Crippen LogP contribution in [0.4, 0.5) is 0 Å². The lowest BCUT2D eigenvalue weighted by Gasteiger charge is -2.19. The molecular formula is C9H19NS. The fourth-order valence-corrected chi connectivity index (χ4v) is 1.50. The van der Waals surface area contributed by atoms with E-state index in [-0.39, 0.29) is 0 Å². The maximum absolute atomic E-state index is 2.31. The van der Waals surface area contributed by atoms with Crippen molar-refractivity contribution in [1.29, 1.82) is 0 Å². The van der Waals surface area contributed by atoms with E-state index in [1.165, 1.54) is 18.5 Å². The average Bonchev–Trinajstić information content (AvgIpc) is 2.03. The van der Waals surface area contributed by atoms with E-state index in [9.17, 15) is 0 Å². The van der Waals surface area contributed by atoms with Gasteiger partial charge in [-0.15, -0.1) is 11.8 Å². The lowest BCUT2D eigenvalue weighted by molar-refractivity contribution is 0.423. The van der Waals surface area contributed by atoms with Crippen LogP contribution < -0.4 is 0 Å². The Bertz CT molecular complexity index is 121. The second kappa shape index (κ2) is 6.59. The van der Waals surface area contributed by atoms with Crippen LogP contribution in [0.3, 0.4) is 0 Å². The summed E-state index contributed by atoms with van der Waals surface area (Å²) in [7, 11) is 2.15. The largest absolute Gasteiger partial charge is 0.378 e. The van der Waals surface area contributed by atoms with Gasteiger partial charge in [-0.1, -0.05) is 13.3 Å². The van der Waals surface area contributed by atoms with Gasteiger partial charge in [0.25, 0.3) is 0 Å². The molecule has 0 saturated heterocycles. The van der Waals surface area contributed by atoms with Crippen LogP contribution in [0.25, 0.3) is 0 Å². The van der Waals surface area contributed by atoms with Gasteiger partial charge in [-0.05, 0) is 25.0 Å². The second-order valence-electron chi connectivity index (χ2n) is 2.61. The fourth-order valence-electron chi connectivity index (χ4n) is 0.935. The third-order valence-electron chi connectivity index (χ3n) is 1.72. The Kier molecular flexibility index (Phi) is 6.52. The maximum Gasteiger partial charge on any atom is 0.0194 e. The second-order valence-corrected chi connectivity index (χ2v) is 3.32. The topological polar surface area (TPSA) is 3.24 Å². The number of hydrogen-bond donors (Lipinski definition) is 0. The highest BCUT2D eigenvalue weighted by molar-refractivity contribution is 8.01. The quantitative estimate of drug-likeness (QED) is 0.629. The van der Waals surface area contributed by atoms with Crippen molar-refractivity contribution in [2.45, 2.75) is 26.7 Å². The Morgan fingerprint density at radius 2 is 2.09 bits per heavy atom. The van der Waals surface area contributed by atoms with Gasteiger partial charge in [-0.2, -0.15) is 0 Å². The van der Waals surface area contributed by atoms with E-state index < -0.39 is 0 Å². The first-order valence-electron chi connectivity index (χ1n) is 4.19. The van der Waals surface area contributed by atoms with Crippen molar-refractivity contribution < 1.29 is 0 Å². The van der Waals surface area contributed by atoms with E-state index in [1.807, 2.05) is 0 Å². The Labute approximate surface area is 74.9 Å². The van der Waals surface area contributed by atoms with Crippen molar-refractivity contribution >= 4 is 11.8 Å². The summed E-state index contributed by atoms with van der Waals surface area (Å²) in [4.78, 5) is 2.31. The molecular weight excluding hydrogens is 154 g/mol. The number of thioether (sulfide) groups is 1. The average molecular weight is 173 g/mol. The molecule has 0 aromatic carbocycles. The summed E-state index contributed by atoms with van der Waals surface area (Å²) in [5.74, 6) is 0. The Morgan fingerprint density at radius 3 is 2.45 bits per heavy atom. The van der Waals surface area contributed by atoms with Gasteiger partial charge in [-0.3, -0.25) is 0 Å². The van der Waals surface area contributed by atoms with Crippen molar-refractivity contribution in [3.05, 3.63) is 11.1 Å². The van der Waals surface area contributed by atoms with Crippen molar-refractivity contribution in [3.8, 4) is 0 Å². The van der Waals surface area contributed by atoms with Gasteiger partial charge in [0.05, 0.1) is 0 Å². The van der Waals surface area contributed by atoms with E-state index in [1.54, 1.807) is 11.8 Å². The SMILES string of the molecule is CCC/C(=C\SC)N(C)CC. The van der Waals surface area contributed by atoms with Gasteiger partial charge in [0.2, 0.25) is 0 Å². The highest BCUT2D eigenvalue weighted by atomic mass is 32.2. The molecule has 0 aromatic heterocycles. The van der Waals surface area contributed by atoms with E-state index in [0.29, 0.717) is 0 Å². The van der Waals surface area contributed by atoms with Gasteiger partial charge >= 0.3 is 0 Å². The summed E-state index contributed by atoms with van der Waals surface area (Å²) in [6.45, 7) is 5.51. The molecule has 0 N–H and O–H groups in total. The van der Waals surface area contributed by atoms with Crippen LogP contribution in [-0.2, 0) is 0 Å². The summed E-state index contributed by atoms with van der Waals surface area (Å²) in [6, 6.07) is 0. The predicted molar refractivity (Wildman–Crippen MR) is 54.8 cm³/mol. The molecule has 0 atom stereocenters. The minimum atomic E-state index is 1.10. The number of rotatable bonds is 5. The standard InChI is InChI=1S/C9H19NS/c1-5-7-9(8-11-4)10(3)6-2/h8H,5-7H2,1-4H3/b9-8+. The molecule has 66 valence electrons. The highest BCUT2D eigenvalue weighted by Gasteiger charge is 1.99. The first-order valence-corrected chi connectivity index (χ1v) is 5.48. The van der Waals surface area contributed by atoms with Crippen LogP contribution >= 0.6 is 11.8 Å². The minimum Gasteiger partial charge on any atom is -0.378 e. The minimum absolute atomic E-state index is 1.10. The third-order valence-corrected chi connectivity index (χ3v) is 2.23. The first-order chi connectivity index (χ1) is 5.26. The lowest BCUT2D eigenvalue weighted by atomic mass is 10.2. The van der Waals surface area contributed by atoms with Crippen LogP contribution in [0, 0.1) is 0 Å². The van der Waals surface area contributed by atoms with Crippen molar-refractivity contribution in [1.82, 2.24) is 4.90 Å². The number of hydrogen-bond acceptors (Lipinski definition) is 2. The fraction of sp³-hybridized carbons (Fsp3) is 0.778. The maximum atomic E-state index is 2.31. The molecule has 11 heavy (non-hydrogen) atoms.